The number of sulfonamides is 1. The van der Waals surface area contributed by atoms with Gasteiger partial charge in [-0.25, -0.2) is 13.1 Å². The molecule has 120 valence electrons. The number of hydrogen-bond acceptors (Lipinski definition) is 4. The van der Waals surface area contributed by atoms with E-state index >= 15 is 0 Å². The van der Waals surface area contributed by atoms with Crippen LogP contribution < -0.4 is 9.46 Å². The Balaban J connectivity index is 2.69. The fourth-order valence-electron chi connectivity index (χ4n) is 2.03. The number of nitrogens with one attached hydrogen (secondary N) is 1. The van der Waals surface area contributed by atoms with E-state index in [1.54, 1.807) is 12.1 Å². The lowest BCUT2D eigenvalue weighted by molar-refractivity contribution is 0.201. The van der Waals surface area contributed by atoms with Crippen molar-refractivity contribution in [3.8, 4) is 5.75 Å². The molecule has 5 nitrogen and oxygen atoms in total. The van der Waals surface area contributed by atoms with Crippen molar-refractivity contribution in [2.45, 2.75) is 44.6 Å². The Morgan fingerprint density at radius 3 is 2.38 bits per heavy atom. The van der Waals surface area contributed by atoms with E-state index in [0.717, 1.165) is 12.8 Å². The number of rotatable bonds is 9. The van der Waals surface area contributed by atoms with E-state index in [4.69, 9.17) is 9.84 Å². The zero-order valence-electron chi connectivity index (χ0n) is 12.9. The first-order valence-electron chi connectivity index (χ1n) is 7.25. The Morgan fingerprint density at radius 1 is 1.24 bits per heavy atom. The van der Waals surface area contributed by atoms with Crippen LogP contribution in [0.15, 0.2) is 29.2 Å². The van der Waals surface area contributed by atoms with Gasteiger partial charge in [0.1, 0.15) is 12.4 Å². The number of aliphatic hydroxyl groups is 1. The molecule has 0 heterocycles. The standard InChI is InChI=1S/C15H25NO4S/c1-4-12(2)11-13(3)16-21(18,19)15-7-5-14(6-8-15)20-10-9-17/h5-8,12-13,16-17H,4,9-11H2,1-3H3. The van der Waals surface area contributed by atoms with Gasteiger partial charge in [0.05, 0.1) is 11.5 Å². The molecule has 0 saturated carbocycles. The highest BCUT2D eigenvalue weighted by Crippen LogP contribution is 2.17. The largest absolute Gasteiger partial charge is 0.491 e. The van der Waals surface area contributed by atoms with Crippen LogP contribution in [0.25, 0.3) is 0 Å². The third kappa shape index (κ3) is 6.03. The molecule has 0 spiro atoms. The average Bonchev–Trinajstić information content (AvgIpc) is 2.44. The third-order valence-corrected chi connectivity index (χ3v) is 4.91. The van der Waals surface area contributed by atoms with Gasteiger partial charge in [0.15, 0.2) is 0 Å². The van der Waals surface area contributed by atoms with Gasteiger partial charge in [0.25, 0.3) is 0 Å². The highest BCUT2D eigenvalue weighted by Gasteiger charge is 2.18. The molecule has 0 aliphatic rings. The molecule has 6 heteroatoms. The fourth-order valence-corrected chi connectivity index (χ4v) is 3.29. The summed E-state index contributed by atoms with van der Waals surface area (Å²) >= 11 is 0. The van der Waals surface area contributed by atoms with Gasteiger partial charge in [0.2, 0.25) is 10.0 Å². The van der Waals surface area contributed by atoms with Crippen molar-refractivity contribution in [1.82, 2.24) is 4.72 Å². The van der Waals surface area contributed by atoms with E-state index in [9.17, 15) is 8.42 Å². The monoisotopic (exact) mass is 315 g/mol. The van der Waals surface area contributed by atoms with Crippen molar-refractivity contribution in [1.29, 1.82) is 0 Å². The summed E-state index contributed by atoms with van der Waals surface area (Å²) in [7, 11) is -3.51. The smallest absolute Gasteiger partial charge is 0.240 e. The summed E-state index contributed by atoms with van der Waals surface area (Å²) in [5.74, 6) is 1.02. The quantitative estimate of drug-likeness (QED) is 0.732. The second-order valence-corrected chi connectivity index (χ2v) is 7.03. The van der Waals surface area contributed by atoms with Gasteiger partial charge in [-0.2, -0.15) is 0 Å². The molecule has 0 radical (unpaired) electrons. The molecular formula is C15H25NO4S. The summed E-state index contributed by atoms with van der Waals surface area (Å²) in [5.41, 5.74) is 0. The van der Waals surface area contributed by atoms with Crippen molar-refractivity contribution in [3.63, 3.8) is 0 Å². The highest BCUT2D eigenvalue weighted by atomic mass is 32.2. The van der Waals surface area contributed by atoms with E-state index in [1.807, 2.05) is 6.92 Å². The summed E-state index contributed by atoms with van der Waals surface area (Å²) in [5, 5.41) is 8.67. The molecule has 1 aromatic rings. The van der Waals surface area contributed by atoms with Crippen LogP contribution in [0.4, 0.5) is 0 Å². The maximum Gasteiger partial charge on any atom is 0.240 e. The molecule has 2 N–H and O–H groups in total. The van der Waals surface area contributed by atoms with Crippen LogP contribution in [0.3, 0.4) is 0 Å². The van der Waals surface area contributed by atoms with Gasteiger partial charge in [-0.1, -0.05) is 20.3 Å². The molecule has 0 saturated heterocycles. The molecule has 2 atom stereocenters. The minimum absolute atomic E-state index is 0.0747. The Kier molecular flexibility index (Phi) is 7.14. The molecule has 0 aliphatic heterocycles. The minimum atomic E-state index is -3.51. The number of ether oxygens (including phenoxy) is 1. The number of hydrogen-bond donors (Lipinski definition) is 2. The fraction of sp³-hybridized carbons (Fsp3) is 0.600. The summed E-state index contributed by atoms with van der Waals surface area (Å²) < 4.78 is 32.4. The second-order valence-electron chi connectivity index (χ2n) is 5.31. The topological polar surface area (TPSA) is 75.6 Å². The maximum absolute atomic E-state index is 12.2. The average molecular weight is 315 g/mol. The Hall–Kier alpha value is -1.11. The molecule has 0 aromatic heterocycles. The van der Waals surface area contributed by atoms with Crippen LogP contribution in [0.1, 0.15) is 33.6 Å². The molecule has 0 bridgehead atoms. The Morgan fingerprint density at radius 2 is 1.86 bits per heavy atom. The molecule has 0 fully saturated rings. The first-order valence-corrected chi connectivity index (χ1v) is 8.73. The van der Waals surface area contributed by atoms with Gasteiger partial charge in [-0.05, 0) is 43.5 Å². The molecule has 2 unspecified atom stereocenters. The van der Waals surface area contributed by atoms with Crippen molar-refractivity contribution in [2.75, 3.05) is 13.2 Å². The lowest BCUT2D eigenvalue weighted by atomic mass is 10.0. The van der Waals surface area contributed by atoms with Crippen molar-refractivity contribution < 1.29 is 18.3 Å². The summed E-state index contributed by atoms with van der Waals surface area (Å²) in [6, 6.07) is 6.08. The van der Waals surface area contributed by atoms with Crippen molar-refractivity contribution >= 4 is 10.0 Å². The minimum Gasteiger partial charge on any atom is -0.491 e. The first-order chi connectivity index (χ1) is 9.89. The van der Waals surface area contributed by atoms with Crippen molar-refractivity contribution in [2.24, 2.45) is 5.92 Å². The molecule has 0 amide bonds. The molecule has 0 aliphatic carbocycles. The SMILES string of the molecule is CCC(C)CC(C)NS(=O)(=O)c1ccc(OCCO)cc1. The predicted molar refractivity (Wildman–Crippen MR) is 82.9 cm³/mol. The third-order valence-electron chi connectivity index (χ3n) is 3.30. The Bertz CT molecular complexity index is 513. The second kappa shape index (κ2) is 8.36. The van der Waals surface area contributed by atoms with E-state index in [1.165, 1.54) is 12.1 Å². The Labute approximate surface area is 127 Å². The van der Waals surface area contributed by atoms with E-state index in [2.05, 4.69) is 18.6 Å². The van der Waals surface area contributed by atoms with Crippen LogP contribution in [0, 0.1) is 5.92 Å². The number of aliphatic hydroxyl groups excluding tert-OH is 1. The van der Waals surface area contributed by atoms with Crippen LogP contribution >= 0.6 is 0 Å². The first kappa shape index (κ1) is 17.9. The number of benzene rings is 1. The maximum atomic E-state index is 12.2. The van der Waals surface area contributed by atoms with Crippen LogP contribution in [-0.2, 0) is 10.0 Å². The summed E-state index contributed by atoms with van der Waals surface area (Å²) in [6.07, 6.45) is 1.84. The normalized spacial score (nSPS) is 14.7. The van der Waals surface area contributed by atoms with Gasteiger partial charge >= 0.3 is 0 Å². The van der Waals surface area contributed by atoms with E-state index < -0.39 is 10.0 Å². The van der Waals surface area contributed by atoms with E-state index in [-0.39, 0.29) is 24.2 Å². The van der Waals surface area contributed by atoms with Gasteiger partial charge < -0.3 is 9.84 Å². The van der Waals surface area contributed by atoms with Crippen LogP contribution in [0.2, 0.25) is 0 Å². The predicted octanol–water partition coefficient (Wildman–Crippen LogP) is 2.16. The summed E-state index contributed by atoms with van der Waals surface area (Å²) in [6.45, 7) is 6.20. The van der Waals surface area contributed by atoms with E-state index in [0.29, 0.717) is 11.7 Å². The lowest BCUT2D eigenvalue weighted by Gasteiger charge is -2.17. The highest BCUT2D eigenvalue weighted by molar-refractivity contribution is 7.89. The van der Waals surface area contributed by atoms with Crippen LogP contribution in [-0.4, -0.2) is 32.8 Å². The van der Waals surface area contributed by atoms with Gasteiger partial charge in [-0.3, -0.25) is 0 Å². The summed E-state index contributed by atoms with van der Waals surface area (Å²) in [4.78, 5) is 0.217. The lowest BCUT2D eigenvalue weighted by Crippen LogP contribution is -2.33. The molecule has 21 heavy (non-hydrogen) atoms. The molecular weight excluding hydrogens is 290 g/mol. The zero-order chi connectivity index (χ0) is 15.9. The molecule has 1 aromatic carbocycles. The van der Waals surface area contributed by atoms with Crippen molar-refractivity contribution in [3.05, 3.63) is 24.3 Å². The zero-order valence-corrected chi connectivity index (χ0v) is 13.7. The van der Waals surface area contributed by atoms with Crippen LogP contribution in [0.5, 0.6) is 5.75 Å². The van der Waals surface area contributed by atoms with Gasteiger partial charge in [-0.15, -0.1) is 0 Å². The molecule has 1 rings (SSSR count). The van der Waals surface area contributed by atoms with Gasteiger partial charge in [0, 0.05) is 6.04 Å².